The van der Waals surface area contributed by atoms with Crippen molar-refractivity contribution >= 4 is 24.0 Å². The third-order valence-corrected chi connectivity index (χ3v) is 11.5. The summed E-state index contributed by atoms with van der Waals surface area (Å²) in [4.78, 5) is 71.3. The Morgan fingerprint density at radius 3 is 1.46 bits per heavy atom. The second-order valence-corrected chi connectivity index (χ2v) is 15.7. The molecule has 0 saturated carbocycles. The predicted octanol–water partition coefficient (Wildman–Crippen LogP) is 6.32. The molecule has 56 heavy (non-hydrogen) atoms. The van der Waals surface area contributed by atoms with Crippen LogP contribution in [0.15, 0.2) is 48.8 Å². The molecular formula is C42H52N8O6. The maximum Gasteiger partial charge on any atom is 0.407 e. The summed E-state index contributed by atoms with van der Waals surface area (Å²) in [6, 6.07) is 11.3. The van der Waals surface area contributed by atoms with Crippen LogP contribution in [0.5, 0.6) is 0 Å². The number of fused-ring (bicyclic) bond motifs is 3. The maximum atomic E-state index is 13.6. The van der Waals surface area contributed by atoms with Crippen LogP contribution in [0.3, 0.4) is 0 Å². The Balaban J connectivity index is 1.05. The molecule has 4 unspecified atom stereocenters. The quantitative estimate of drug-likeness (QED) is 0.145. The molecule has 2 saturated heterocycles. The lowest BCUT2D eigenvalue weighted by Gasteiger charge is -2.30. The van der Waals surface area contributed by atoms with Gasteiger partial charge in [0.25, 0.3) is 0 Å². The first-order chi connectivity index (χ1) is 27.0. The number of rotatable bonds is 10. The Bertz CT molecular complexity index is 1960. The van der Waals surface area contributed by atoms with Crippen LogP contribution in [0.25, 0.3) is 33.6 Å². The third-order valence-electron chi connectivity index (χ3n) is 11.5. The Morgan fingerprint density at radius 2 is 1.09 bits per heavy atom. The number of aromatic amines is 2. The van der Waals surface area contributed by atoms with E-state index in [2.05, 4.69) is 57.0 Å². The Labute approximate surface area is 327 Å². The fraction of sp³-hybridized carbons (Fsp3) is 0.476. The van der Waals surface area contributed by atoms with Crippen molar-refractivity contribution in [1.29, 1.82) is 0 Å². The molecule has 7 rings (SSSR count). The number of aromatic nitrogens is 4. The summed E-state index contributed by atoms with van der Waals surface area (Å²) >= 11 is 0. The second-order valence-electron chi connectivity index (χ2n) is 15.7. The lowest BCUT2D eigenvalue weighted by Crippen LogP contribution is -2.51. The molecule has 0 bridgehead atoms. The van der Waals surface area contributed by atoms with E-state index in [1.807, 2.05) is 49.9 Å². The molecule has 2 aromatic heterocycles. The van der Waals surface area contributed by atoms with Gasteiger partial charge >= 0.3 is 12.2 Å². The SMILES string of the molecule is COC(=O)NC(C(=O)N1CCCC1c1ncc(-c2ccc3c(c2)CCc2cc(-c4cnc(C5CCCN5C(=O)C(NC(=O)OC)C(C)C)[nH]4)ccc2-3)[nH]1)C(C)C. The number of alkyl carbamates (subject to hydrolysis) is 2. The zero-order chi connectivity index (χ0) is 39.7. The third kappa shape index (κ3) is 7.61. The smallest absolute Gasteiger partial charge is 0.407 e. The van der Waals surface area contributed by atoms with Crippen LogP contribution in [-0.4, -0.2) is 93.1 Å². The number of carbonyl (C=O) groups is 4. The van der Waals surface area contributed by atoms with Gasteiger partial charge in [-0.2, -0.15) is 0 Å². The van der Waals surface area contributed by atoms with Gasteiger partial charge in [0.05, 0.1) is 50.1 Å². The molecule has 1 aliphatic carbocycles. The zero-order valence-electron chi connectivity index (χ0n) is 33.0. The summed E-state index contributed by atoms with van der Waals surface area (Å²) in [7, 11) is 2.59. The number of hydrogen-bond acceptors (Lipinski definition) is 8. The van der Waals surface area contributed by atoms with Crippen molar-refractivity contribution in [2.75, 3.05) is 27.3 Å². The van der Waals surface area contributed by atoms with Crippen molar-refractivity contribution in [3.63, 3.8) is 0 Å². The number of nitrogens with zero attached hydrogens (tertiary/aromatic N) is 4. The Hall–Kier alpha value is -5.66. The standard InChI is InChI=1S/C42H52N8O6/c1-23(2)35(47-41(53)55-5)39(51)49-17-7-9-33(49)37-43-21-31(45-37)27-13-15-29-25(19-27)11-12-26-20-28(14-16-30(26)29)32-22-44-38(46-32)34-10-8-18-50(34)40(52)36(24(3)4)48-42(54)56-6/h13-16,19-24,33-36H,7-12,17-18H2,1-6H3,(H,43,45)(H,44,46)(H,47,53)(H,48,54). The molecular weight excluding hydrogens is 713 g/mol. The fourth-order valence-electron chi connectivity index (χ4n) is 8.42. The zero-order valence-corrected chi connectivity index (χ0v) is 33.0. The molecule has 4 N–H and O–H groups in total. The predicted molar refractivity (Wildman–Crippen MR) is 210 cm³/mol. The van der Waals surface area contributed by atoms with E-state index >= 15 is 0 Å². The van der Waals surface area contributed by atoms with Crippen LogP contribution in [0.2, 0.25) is 0 Å². The van der Waals surface area contributed by atoms with Crippen molar-refractivity contribution in [2.45, 2.75) is 90.4 Å². The van der Waals surface area contributed by atoms with Crippen LogP contribution < -0.4 is 10.6 Å². The summed E-state index contributed by atoms with van der Waals surface area (Å²) in [5, 5.41) is 5.42. The number of hydrogen-bond donors (Lipinski definition) is 4. The molecule has 4 atom stereocenters. The first-order valence-corrected chi connectivity index (χ1v) is 19.6. The number of amides is 4. The van der Waals surface area contributed by atoms with E-state index in [0.717, 1.165) is 72.7 Å². The minimum Gasteiger partial charge on any atom is -0.453 e. The minimum absolute atomic E-state index is 0.102. The highest BCUT2D eigenvalue weighted by Gasteiger charge is 2.39. The number of benzene rings is 2. The van der Waals surface area contributed by atoms with Crippen LogP contribution in [0, 0.1) is 11.8 Å². The molecule has 2 aliphatic heterocycles. The summed E-state index contributed by atoms with van der Waals surface area (Å²) in [5.41, 5.74) is 8.81. The number of imidazole rings is 2. The minimum atomic E-state index is -0.684. The van der Waals surface area contributed by atoms with Crippen LogP contribution in [0.1, 0.15) is 88.2 Å². The van der Waals surface area contributed by atoms with Gasteiger partial charge in [0, 0.05) is 13.1 Å². The van der Waals surface area contributed by atoms with E-state index in [1.165, 1.54) is 36.5 Å². The molecule has 0 radical (unpaired) electrons. The van der Waals surface area contributed by atoms with E-state index in [4.69, 9.17) is 19.4 Å². The van der Waals surface area contributed by atoms with Crippen molar-refractivity contribution in [3.8, 4) is 33.6 Å². The van der Waals surface area contributed by atoms with Crippen molar-refractivity contribution < 1.29 is 28.7 Å². The number of nitrogens with one attached hydrogen (secondary N) is 4. The number of carbonyl (C=O) groups excluding carboxylic acids is 4. The monoisotopic (exact) mass is 764 g/mol. The number of aryl methyl sites for hydroxylation is 2. The molecule has 0 spiro atoms. The molecule has 2 fully saturated rings. The summed E-state index contributed by atoms with van der Waals surface area (Å²) in [6.07, 6.45) is 7.51. The van der Waals surface area contributed by atoms with Crippen LogP contribution >= 0.6 is 0 Å². The fourth-order valence-corrected chi connectivity index (χ4v) is 8.42. The molecule has 4 amide bonds. The Morgan fingerprint density at radius 1 is 0.679 bits per heavy atom. The molecule has 4 heterocycles. The van der Waals surface area contributed by atoms with Crippen LogP contribution in [-0.2, 0) is 31.9 Å². The van der Waals surface area contributed by atoms with Gasteiger partial charge in [0.1, 0.15) is 23.7 Å². The first-order valence-electron chi connectivity index (χ1n) is 19.6. The molecule has 4 aromatic rings. The Kier molecular flexibility index (Phi) is 11.2. The van der Waals surface area contributed by atoms with Gasteiger partial charge in [0.15, 0.2) is 0 Å². The van der Waals surface area contributed by atoms with Gasteiger partial charge in [-0.3, -0.25) is 9.59 Å². The van der Waals surface area contributed by atoms with Crippen molar-refractivity contribution in [2.24, 2.45) is 11.8 Å². The average Bonchev–Trinajstić information content (AvgIpc) is 4.04. The van der Waals surface area contributed by atoms with Gasteiger partial charge in [-0.25, -0.2) is 19.6 Å². The van der Waals surface area contributed by atoms with Gasteiger partial charge in [-0.15, -0.1) is 0 Å². The van der Waals surface area contributed by atoms with E-state index in [-0.39, 0.29) is 35.7 Å². The van der Waals surface area contributed by atoms with E-state index < -0.39 is 24.3 Å². The number of methoxy groups -OCH3 is 2. The number of H-pyrrole nitrogens is 2. The second kappa shape index (κ2) is 16.2. The first kappa shape index (κ1) is 38.6. The number of ether oxygens (including phenoxy) is 2. The molecule has 14 nitrogen and oxygen atoms in total. The summed E-state index contributed by atoms with van der Waals surface area (Å²) in [5.74, 6) is 1.02. The van der Waals surface area contributed by atoms with E-state index in [1.54, 1.807) is 0 Å². The van der Waals surface area contributed by atoms with Gasteiger partial charge in [0.2, 0.25) is 11.8 Å². The van der Waals surface area contributed by atoms with Gasteiger partial charge in [-0.1, -0.05) is 52.0 Å². The normalized spacial score (nSPS) is 18.7. The van der Waals surface area contributed by atoms with Gasteiger partial charge in [-0.05, 0) is 95.9 Å². The van der Waals surface area contributed by atoms with E-state index in [0.29, 0.717) is 13.1 Å². The average molecular weight is 765 g/mol. The van der Waals surface area contributed by atoms with E-state index in [9.17, 15) is 19.2 Å². The van der Waals surface area contributed by atoms with Crippen molar-refractivity contribution in [1.82, 2.24) is 40.4 Å². The van der Waals surface area contributed by atoms with Gasteiger partial charge < -0.3 is 39.9 Å². The highest BCUT2D eigenvalue weighted by atomic mass is 16.5. The highest BCUT2D eigenvalue weighted by molar-refractivity contribution is 5.87. The summed E-state index contributed by atoms with van der Waals surface area (Å²) < 4.78 is 9.54. The summed E-state index contributed by atoms with van der Waals surface area (Å²) in [6.45, 7) is 8.83. The topological polar surface area (TPSA) is 175 Å². The largest absolute Gasteiger partial charge is 0.453 e. The lowest BCUT2D eigenvalue weighted by molar-refractivity contribution is -0.136. The molecule has 2 aromatic carbocycles. The highest BCUT2D eigenvalue weighted by Crippen LogP contribution is 2.39. The molecule has 14 heteroatoms. The van der Waals surface area contributed by atoms with Crippen LogP contribution in [0.4, 0.5) is 9.59 Å². The number of likely N-dealkylation sites (tertiary alicyclic amines) is 2. The molecule has 3 aliphatic rings. The lowest BCUT2D eigenvalue weighted by atomic mass is 9.83. The maximum absolute atomic E-state index is 13.6. The van der Waals surface area contributed by atoms with Crippen molar-refractivity contribution in [3.05, 3.63) is 71.6 Å². The molecule has 296 valence electrons.